The molecule has 2 atom stereocenters. The molecule has 1 aromatic rings. The molecule has 0 saturated carbocycles. The van der Waals surface area contributed by atoms with Gasteiger partial charge in [-0.15, -0.1) is 0 Å². The Morgan fingerprint density at radius 2 is 2.35 bits per heavy atom. The lowest BCUT2D eigenvalue weighted by molar-refractivity contribution is 0.197. The maximum Gasteiger partial charge on any atom is 0.0603 e. The van der Waals surface area contributed by atoms with Crippen molar-refractivity contribution < 1.29 is 0 Å². The highest BCUT2D eigenvalue weighted by atomic mass is 15.1. The van der Waals surface area contributed by atoms with Crippen LogP contribution in [0.15, 0.2) is 18.3 Å². The summed E-state index contributed by atoms with van der Waals surface area (Å²) in [5.41, 5.74) is 2.26. The lowest BCUT2D eigenvalue weighted by Gasteiger charge is -2.34. The quantitative estimate of drug-likeness (QED) is 0.869. The van der Waals surface area contributed by atoms with Gasteiger partial charge in [0.25, 0.3) is 0 Å². The van der Waals surface area contributed by atoms with Crippen LogP contribution in [-0.2, 0) is 0 Å². The summed E-state index contributed by atoms with van der Waals surface area (Å²) < 4.78 is 0. The van der Waals surface area contributed by atoms with Crippen LogP contribution in [0.2, 0.25) is 0 Å². The van der Waals surface area contributed by atoms with Gasteiger partial charge >= 0.3 is 0 Å². The molecule has 1 saturated heterocycles. The average molecular weight is 233 g/mol. The van der Waals surface area contributed by atoms with Gasteiger partial charge in [0.2, 0.25) is 0 Å². The van der Waals surface area contributed by atoms with Crippen molar-refractivity contribution >= 4 is 5.69 Å². The Labute approximate surface area is 104 Å². The Kier molecular flexibility index (Phi) is 4.00. The van der Waals surface area contributed by atoms with E-state index >= 15 is 0 Å². The van der Waals surface area contributed by atoms with E-state index in [1.165, 1.54) is 31.6 Å². The summed E-state index contributed by atoms with van der Waals surface area (Å²) in [5, 5.41) is 3.61. The van der Waals surface area contributed by atoms with E-state index in [2.05, 4.69) is 42.2 Å². The van der Waals surface area contributed by atoms with Gasteiger partial charge in [0.1, 0.15) is 0 Å². The minimum absolute atomic E-state index is 0.514. The fourth-order valence-electron chi connectivity index (χ4n) is 2.61. The third-order valence-corrected chi connectivity index (χ3v) is 3.76. The van der Waals surface area contributed by atoms with Crippen LogP contribution in [0.5, 0.6) is 0 Å². The van der Waals surface area contributed by atoms with Gasteiger partial charge in [0.15, 0.2) is 0 Å². The maximum absolute atomic E-state index is 4.32. The number of aryl methyl sites for hydroxylation is 1. The van der Waals surface area contributed by atoms with E-state index in [4.69, 9.17) is 0 Å². The van der Waals surface area contributed by atoms with Crippen LogP contribution in [0, 0.1) is 12.8 Å². The first kappa shape index (κ1) is 12.4. The van der Waals surface area contributed by atoms with E-state index in [0.717, 1.165) is 11.6 Å². The molecule has 0 spiro atoms. The first-order valence-electron chi connectivity index (χ1n) is 6.53. The van der Waals surface area contributed by atoms with Crippen molar-refractivity contribution in [2.75, 3.05) is 25.5 Å². The largest absolute Gasteiger partial charge is 0.381 e. The third-order valence-electron chi connectivity index (χ3n) is 3.76. The smallest absolute Gasteiger partial charge is 0.0603 e. The number of anilines is 1. The molecule has 1 aliphatic heterocycles. The lowest BCUT2D eigenvalue weighted by atomic mass is 9.91. The van der Waals surface area contributed by atoms with E-state index < -0.39 is 0 Å². The van der Waals surface area contributed by atoms with Crippen molar-refractivity contribution in [1.82, 2.24) is 9.88 Å². The van der Waals surface area contributed by atoms with E-state index in [9.17, 15) is 0 Å². The summed E-state index contributed by atoms with van der Waals surface area (Å²) in [5.74, 6) is 0.744. The zero-order valence-electron chi connectivity index (χ0n) is 11.1. The van der Waals surface area contributed by atoms with Crippen LogP contribution in [0.25, 0.3) is 0 Å². The summed E-state index contributed by atoms with van der Waals surface area (Å²) in [6.07, 6.45) is 4.50. The molecule has 3 nitrogen and oxygen atoms in total. The molecule has 1 fully saturated rings. The Morgan fingerprint density at radius 3 is 3.06 bits per heavy atom. The van der Waals surface area contributed by atoms with Crippen LogP contribution < -0.4 is 5.32 Å². The summed E-state index contributed by atoms with van der Waals surface area (Å²) in [6.45, 7) is 6.79. The zero-order chi connectivity index (χ0) is 12.3. The number of hydrogen-bond acceptors (Lipinski definition) is 3. The molecule has 0 amide bonds. The van der Waals surface area contributed by atoms with Crippen LogP contribution in [0.1, 0.15) is 25.5 Å². The monoisotopic (exact) mass is 233 g/mol. The van der Waals surface area contributed by atoms with Gasteiger partial charge in [0.05, 0.1) is 11.4 Å². The Hall–Kier alpha value is -1.09. The first-order valence-corrected chi connectivity index (χ1v) is 6.53. The molecule has 1 N–H and O–H groups in total. The SMILES string of the molecule is Cc1ncccc1NC(C)C1CCCN(C)C1. The average Bonchev–Trinajstić information content (AvgIpc) is 2.32. The van der Waals surface area contributed by atoms with E-state index in [1.54, 1.807) is 0 Å². The second kappa shape index (κ2) is 5.50. The van der Waals surface area contributed by atoms with E-state index in [1.807, 2.05) is 12.3 Å². The molecular weight excluding hydrogens is 210 g/mol. The predicted molar refractivity (Wildman–Crippen MR) is 72.3 cm³/mol. The molecule has 0 bridgehead atoms. The highest BCUT2D eigenvalue weighted by molar-refractivity contribution is 5.47. The predicted octanol–water partition coefficient (Wildman–Crippen LogP) is 2.53. The molecular formula is C14H23N3. The maximum atomic E-state index is 4.32. The van der Waals surface area contributed by atoms with Gasteiger partial charge in [-0.3, -0.25) is 4.98 Å². The van der Waals surface area contributed by atoms with Crippen molar-refractivity contribution in [2.24, 2.45) is 5.92 Å². The number of pyridine rings is 1. The highest BCUT2D eigenvalue weighted by Crippen LogP contribution is 2.22. The first-order chi connectivity index (χ1) is 8.16. The summed E-state index contributed by atoms with van der Waals surface area (Å²) in [4.78, 5) is 6.75. The van der Waals surface area contributed by atoms with Crippen molar-refractivity contribution in [3.63, 3.8) is 0 Å². The Bertz CT molecular complexity index is 364. The lowest BCUT2D eigenvalue weighted by Crippen LogP contribution is -2.40. The second-order valence-electron chi connectivity index (χ2n) is 5.23. The van der Waals surface area contributed by atoms with E-state index in [0.29, 0.717) is 6.04 Å². The number of aromatic nitrogens is 1. The van der Waals surface area contributed by atoms with Crippen molar-refractivity contribution in [1.29, 1.82) is 0 Å². The van der Waals surface area contributed by atoms with Gasteiger partial charge in [-0.25, -0.2) is 0 Å². The van der Waals surface area contributed by atoms with Gasteiger partial charge in [0, 0.05) is 18.8 Å². The van der Waals surface area contributed by atoms with Gasteiger partial charge in [-0.05, 0) is 58.3 Å². The van der Waals surface area contributed by atoms with Crippen molar-refractivity contribution in [3.8, 4) is 0 Å². The molecule has 94 valence electrons. The number of nitrogens with zero attached hydrogens (tertiary/aromatic N) is 2. The molecule has 3 heteroatoms. The van der Waals surface area contributed by atoms with Crippen LogP contribution >= 0.6 is 0 Å². The minimum Gasteiger partial charge on any atom is -0.381 e. The van der Waals surface area contributed by atoms with Crippen LogP contribution in [0.4, 0.5) is 5.69 Å². The third kappa shape index (κ3) is 3.19. The van der Waals surface area contributed by atoms with Gasteiger partial charge in [-0.1, -0.05) is 0 Å². The Morgan fingerprint density at radius 1 is 1.53 bits per heavy atom. The molecule has 0 radical (unpaired) electrons. The number of likely N-dealkylation sites (tertiary alicyclic amines) is 1. The molecule has 17 heavy (non-hydrogen) atoms. The topological polar surface area (TPSA) is 28.2 Å². The molecule has 2 rings (SSSR count). The Balaban J connectivity index is 1.96. The van der Waals surface area contributed by atoms with Crippen molar-refractivity contribution in [2.45, 2.75) is 32.7 Å². The van der Waals surface area contributed by atoms with Gasteiger partial charge < -0.3 is 10.2 Å². The normalized spacial score (nSPS) is 23.4. The molecule has 0 aromatic carbocycles. The number of rotatable bonds is 3. The zero-order valence-corrected chi connectivity index (χ0v) is 11.1. The molecule has 0 aliphatic carbocycles. The minimum atomic E-state index is 0.514. The summed E-state index contributed by atoms with van der Waals surface area (Å²) in [7, 11) is 2.22. The highest BCUT2D eigenvalue weighted by Gasteiger charge is 2.22. The summed E-state index contributed by atoms with van der Waals surface area (Å²) in [6, 6.07) is 4.63. The number of piperidine rings is 1. The van der Waals surface area contributed by atoms with Crippen LogP contribution in [0.3, 0.4) is 0 Å². The molecule has 2 unspecified atom stereocenters. The standard InChI is InChI=1S/C14H23N3/c1-11(13-6-5-9-17(3)10-13)16-14-7-4-8-15-12(14)2/h4,7-8,11,13,16H,5-6,9-10H2,1-3H3. The number of nitrogens with one attached hydrogen (secondary N) is 1. The number of hydrogen-bond donors (Lipinski definition) is 1. The van der Waals surface area contributed by atoms with Crippen LogP contribution in [-0.4, -0.2) is 36.1 Å². The fraction of sp³-hybridized carbons (Fsp3) is 0.643. The van der Waals surface area contributed by atoms with Gasteiger partial charge in [-0.2, -0.15) is 0 Å². The molecule has 1 aliphatic rings. The van der Waals surface area contributed by atoms with Crippen molar-refractivity contribution in [3.05, 3.63) is 24.0 Å². The molecule has 1 aromatic heterocycles. The second-order valence-corrected chi connectivity index (χ2v) is 5.23. The molecule has 2 heterocycles. The fourth-order valence-corrected chi connectivity index (χ4v) is 2.61. The summed E-state index contributed by atoms with van der Waals surface area (Å²) >= 11 is 0. The van der Waals surface area contributed by atoms with E-state index in [-0.39, 0.29) is 0 Å².